The third-order valence-electron chi connectivity index (χ3n) is 3.14. The Hall–Kier alpha value is -2.40. The van der Waals surface area contributed by atoms with Crippen LogP contribution in [0.25, 0.3) is 0 Å². The van der Waals surface area contributed by atoms with Gasteiger partial charge in [0.25, 0.3) is 5.91 Å². The first kappa shape index (κ1) is 15.0. The second-order valence-electron chi connectivity index (χ2n) is 4.59. The van der Waals surface area contributed by atoms with Crippen molar-refractivity contribution in [2.24, 2.45) is 0 Å². The number of hydrogen-bond donors (Lipinski definition) is 2. The number of nitrogens with one attached hydrogen (secondary N) is 1. The van der Waals surface area contributed by atoms with Crippen molar-refractivity contribution in [1.82, 2.24) is 4.98 Å². The molecule has 0 spiro atoms. The molecule has 0 aliphatic carbocycles. The number of rotatable bonds is 3. The Labute approximate surface area is 126 Å². The highest BCUT2D eigenvalue weighted by Crippen LogP contribution is 2.21. The molecular formula is C15H13ClN2O3. The van der Waals surface area contributed by atoms with Crippen molar-refractivity contribution in [1.29, 1.82) is 0 Å². The van der Waals surface area contributed by atoms with Gasteiger partial charge in [0.2, 0.25) is 0 Å². The molecule has 2 N–H and O–H groups in total. The van der Waals surface area contributed by atoms with E-state index in [4.69, 9.17) is 16.7 Å². The number of aromatic carboxylic acids is 1. The van der Waals surface area contributed by atoms with E-state index in [1.54, 1.807) is 19.9 Å². The van der Waals surface area contributed by atoms with Gasteiger partial charge >= 0.3 is 5.97 Å². The molecule has 2 rings (SSSR count). The van der Waals surface area contributed by atoms with Gasteiger partial charge in [0.1, 0.15) is 5.15 Å². The Morgan fingerprint density at radius 3 is 2.57 bits per heavy atom. The van der Waals surface area contributed by atoms with Crippen molar-refractivity contribution in [3.05, 3.63) is 57.9 Å². The van der Waals surface area contributed by atoms with Crippen LogP contribution in [0.3, 0.4) is 0 Å². The Kier molecular flexibility index (Phi) is 4.23. The normalized spacial score (nSPS) is 10.2. The van der Waals surface area contributed by atoms with E-state index in [-0.39, 0.29) is 16.6 Å². The van der Waals surface area contributed by atoms with Gasteiger partial charge in [0.05, 0.1) is 5.56 Å². The largest absolute Gasteiger partial charge is 0.478 e. The fourth-order valence-electron chi connectivity index (χ4n) is 1.90. The zero-order valence-corrected chi connectivity index (χ0v) is 12.2. The van der Waals surface area contributed by atoms with Crippen molar-refractivity contribution in [3.8, 4) is 0 Å². The van der Waals surface area contributed by atoms with Crippen LogP contribution in [-0.2, 0) is 0 Å². The van der Waals surface area contributed by atoms with Crippen molar-refractivity contribution in [2.75, 3.05) is 5.32 Å². The molecule has 5 nitrogen and oxygen atoms in total. The number of hydrogen-bond acceptors (Lipinski definition) is 3. The molecule has 1 aromatic carbocycles. The third kappa shape index (κ3) is 3.38. The molecule has 0 fully saturated rings. The topological polar surface area (TPSA) is 79.3 Å². The van der Waals surface area contributed by atoms with E-state index in [0.717, 1.165) is 5.56 Å². The van der Waals surface area contributed by atoms with Gasteiger partial charge in [-0.25, -0.2) is 9.78 Å². The van der Waals surface area contributed by atoms with E-state index in [0.29, 0.717) is 16.8 Å². The minimum atomic E-state index is -1.03. The number of anilines is 1. The average molecular weight is 305 g/mol. The van der Waals surface area contributed by atoms with E-state index < -0.39 is 5.97 Å². The Morgan fingerprint density at radius 2 is 1.95 bits per heavy atom. The molecule has 1 amide bonds. The Balaban J connectivity index is 2.32. The number of pyridine rings is 1. The molecule has 0 unspecified atom stereocenters. The molecule has 0 saturated carbocycles. The molecule has 2 aromatic rings. The molecule has 1 heterocycles. The van der Waals surface area contributed by atoms with Crippen LogP contribution in [0.1, 0.15) is 31.8 Å². The highest BCUT2D eigenvalue weighted by molar-refractivity contribution is 6.29. The monoisotopic (exact) mass is 304 g/mol. The van der Waals surface area contributed by atoms with Gasteiger partial charge < -0.3 is 10.4 Å². The van der Waals surface area contributed by atoms with E-state index in [1.807, 2.05) is 0 Å². The number of carboxylic acid groups (broad SMARTS) is 1. The van der Waals surface area contributed by atoms with Gasteiger partial charge in [-0.3, -0.25) is 4.79 Å². The number of amides is 1. The molecule has 6 heteroatoms. The van der Waals surface area contributed by atoms with Crippen molar-refractivity contribution < 1.29 is 14.7 Å². The first-order valence-electron chi connectivity index (χ1n) is 6.16. The number of carbonyl (C=O) groups is 2. The quantitative estimate of drug-likeness (QED) is 0.853. The van der Waals surface area contributed by atoms with E-state index in [2.05, 4.69) is 10.3 Å². The summed E-state index contributed by atoms with van der Waals surface area (Å²) in [6, 6.07) is 6.13. The van der Waals surface area contributed by atoms with Gasteiger partial charge in [0, 0.05) is 17.4 Å². The molecule has 0 saturated heterocycles. The lowest BCUT2D eigenvalue weighted by atomic mass is 10.0. The second-order valence-corrected chi connectivity index (χ2v) is 4.98. The summed E-state index contributed by atoms with van der Waals surface area (Å²) in [6.45, 7) is 3.52. The second kappa shape index (κ2) is 5.93. The van der Waals surface area contributed by atoms with Crippen molar-refractivity contribution in [3.63, 3.8) is 0 Å². The molecule has 108 valence electrons. The molecule has 0 atom stereocenters. The van der Waals surface area contributed by atoms with Crippen LogP contribution in [0.4, 0.5) is 5.69 Å². The zero-order chi connectivity index (χ0) is 15.6. The highest BCUT2D eigenvalue weighted by Gasteiger charge is 2.13. The number of halogens is 1. The van der Waals surface area contributed by atoms with Crippen LogP contribution in [0.15, 0.2) is 30.5 Å². The van der Waals surface area contributed by atoms with E-state index in [1.165, 1.54) is 24.4 Å². The minimum Gasteiger partial charge on any atom is -0.478 e. The molecule has 0 radical (unpaired) electrons. The van der Waals surface area contributed by atoms with Crippen LogP contribution in [0.2, 0.25) is 5.15 Å². The number of aryl methyl sites for hydroxylation is 1. The van der Waals surface area contributed by atoms with Crippen molar-refractivity contribution >= 4 is 29.2 Å². The maximum absolute atomic E-state index is 12.1. The average Bonchev–Trinajstić information content (AvgIpc) is 2.42. The van der Waals surface area contributed by atoms with Crippen LogP contribution in [-0.4, -0.2) is 22.0 Å². The van der Waals surface area contributed by atoms with Crippen LogP contribution >= 0.6 is 11.6 Å². The standard InChI is InChI=1S/C15H13ClN2O3/c1-8-5-11(7-12(9(8)2)15(20)21)18-14(19)10-3-4-17-13(16)6-10/h3-7H,1-2H3,(H,18,19)(H,20,21). The highest BCUT2D eigenvalue weighted by atomic mass is 35.5. The number of benzene rings is 1. The maximum Gasteiger partial charge on any atom is 0.336 e. The zero-order valence-electron chi connectivity index (χ0n) is 11.5. The smallest absolute Gasteiger partial charge is 0.336 e. The molecule has 0 aliphatic heterocycles. The van der Waals surface area contributed by atoms with Gasteiger partial charge in [-0.05, 0) is 49.2 Å². The summed E-state index contributed by atoms with van der Waals surface area (Å²) < 4.78 is 0. The number of carboxylic acids is 1. The fraction of sp³-hybridized carbons (Fsp3) is 0.133. The third-order valence-corrected chi connectivity index (χ3v) is 3.35. The predicted octanol–water partition coefficient (Wildman–Crippen LogP) is 3.30. The van der Waals surface area contributed by atoms with Gasteiger partial charge in [-0.2, -0.15) is 0 Å². The van der Waals surface area contributed by atoms with Gasteiger partial charge in [-0.15, -0.1) is 0 Å². The first-order chi connectivity index (χ1) is 9.88. The summed E-state index contributed by atoms with van der Waals surface area (Å²) in [6.07, 6.45) is 1.43. The van der Waals surface area contributed by atoms with E-state index in [9.17, 15) is 9.59 Å². The lowest BCUT2D eigenvalue weighted by Gasteiger charge is -2.10. The first-order valence-corrected chi connectivity index (χ1v) is 6.53. The van der Waals surface area contributed by atoms with Crippen LogP contribution < -0.4 is 5.32 Å². The summed E-state index contributed by atoms with van der Waals surface area (Å²) >= 11 is 5.74. The van der Waals surface area contributed by atoms with Crippen LogP contribution in [0, 0.1) is 13.8 Å². The van der Waals surface area contributed by atoms with Crippen LogP contribution in [0.5, 0.6) is 0 Å². The summed E-state index contributed by atoms with van der Waals surface area (Å²) in [7, 11) is 0. The lowest BCUT2D eigenvalue weighted by molar-refractivity contribution is 0.0695. The summed E-state index contributed by atoms with van der Waals surface area (Å²) in [4.78, 5) is 27.1. The molecular weight excluding hydrogens is 292 g/mol. The number of nitrogens with zero attached hydrogens (tertiary/aromatic N) is 1. The number of carbonyl (C=O) groups excluding carboxylic acids is 1. The predicted molar refractivity (Wildman–Crippen MR) is 80.1 cm³/mol. The number of aromatic nitrogens is 1. The van der Waals surface area contributed by atoms with Crippen molar-refractivity contribution in [2.45, 2.75) is 13.8 Å². The summed E-state index contributed by atoms with van der Waals surface area (Å²) in [5, 5.41) is 12.0. The van der Waals surface area contributed by atoms with Gasteiger partial charge in [0.15, 0.2) is 0 Å². The molecule has 0 aliphatic rings. The fourth-order valence-corrected chi connectivity index (χ4v) is 2.07. The van der Waals surface area contributed by atoms with Gasteiger partial charge in [-0.1, -0.05) is 11.6 Å². The minimum absolute atomic E-state index is 0.165. The maximum atomic E-state index is 12.1. The molecule has 1 aromatic heterocycles. The summed E-state index contributed by atoms with van der Waals surface area (Å²) in [5.41, 5.74) is 2.40. The van der Waals surface area contributed by atoms with E-state index >= 15 is 0 Å². The molecule has 0 bridgehead atoms. The Bertz CT molecular complexity index is 729. The summed E-state index contributed by atoms with van der Waals surface area (Å²) in [5.74, 6) is -1.41. The Morgan fingerprint density at radius 1 is 1.24 bits per heavy atom. The SMILES string of the molecule is Cc1cc(NC(=O)c2ccnc(Cl)c2)cc(C(=O)O)c1C. The lowest BCUT2D eigenvalue weighted by Crippen LogP contribution is -2.13. The molecule has 21 heavy (non-hydrogen) atoms.